The second kappa shape index (κ2) is 11.9. The van der Waals surface area contributed by atoms with Crippen LogP contribution < -0.4 is 0 Å². The fourth-order valence-corrected chi connectivity index (χ4v) is 5.53. The molecule has 210 valence electrons. The molecule has 4 nitrogen and oxygen atoms in total. The molecule has 4 heteroatoms. The number of hydrogen-bond donors (Lipinski definition) is 0. The minimum absolute atomic E-state index is 0.928. The molecule has 0 atom stereocenters. The molecule has 44 heavy (non-hydrogen) atoms. The summed E-state index contributed by atoms with van der Waals surface area (Å²) in [6.07, 6.45) is 11.2. The molecule has 0 aliphatic rings. The van der Waals surface area contributed by atoms with Crippen LogP contribution >= 0.6 is 0 Å². The van der Waals surface area contributed by atoms with Crippen LogP contribution in [0.5, 0.6) is 0 Å². The number of aromatic nitrogens is 4. The predicted molar refractivity (Wildman–Crippen MR) is 180 cm³/mol. The summed E-state index contributed by atoms with van der Waals surface area (Å²) in [6, 6.07) is 38.6. The van der Waals surface area contributed by atoms with Crippen molar-refractivity contribution in [3.63, 3.8) is 0 Å². The molecule has 0 radical (unpaired) electrons. The smallest absolute Gasteiger partial charge is 0.0708 e. The zero-order valence-electron chi connectivity index (χ0n) is 24.6. The van der Waals surface area contributed by atoms with Crippen molar-refractivity contribution in [3.8, 4) is 67.0 Å². The van der Waals surface area contributed by atoms with Crippen LogP contribution in [0.3, 0.4) is 0 Å². The van der Waals surface area contributed by atoms with Crippen molar-refractivity contribution in [1.82, 2.24) is 19.9 Å². The van der Waals surface area contributed by atoms with Crippen molar-refractivity contribution in [3.05, 3.63) is 158 Å². The van der Waals surface area contributed by atoms with Gasteiger partial charge in [-0.3, -0.25) is 19.9 Å². The molecule has 0 saturated carbocycles. The summed E-state index contributed by atoms with van der Waals surface area (Å²) in [4.78, 5) is 18.1. The number of nitrogens with zero attached hydrogens (tertiary/aromatic N) is 4. The molecule has 0 amide bonds. The van der Waals surface area contributed by atoms with Crippen molar-refractivity contribution in [2.45, 2.75) is 13.8 Å². The van der Waals surface area contributed by atoms with Crippen LogP contribution in [0, 0.1) is 13.8 Å². The highest BCUT2D eigenvalue weighted by molar-refractivity contribution is 5.94. The molecule has 0 aliphatic carbocycles. The first-order valence-corrected chi connectivity index (χ1v) is 14.7. The lowest BCUT2D eigenvalue weighted by Crippen LogP contribution is -1.95. The Morgan fingerprint density at radius 2 is 0.682 bits per heavy atom. The van der Waals surface area contributed by atoms with Gasteiger partial charge in [0.2, 0.25) is 0 Å². The average Bonchev–Trinajstić information content (AvgIpc) is 3.09. The summed E-state index contributed by atoms with van der Waals surface area (Å²) in [6.45, 7) is 4.13. The molecule has 0 fully saturated rings. The Kier molecular flexibility index (Phi) is 7.31. The van der Waals surface area contributed by atoms with E-state index in [1.54, 1.807) is 0 Å². The van der Waals surface area contributed by atoms with Crippen LogP contribution in [0.15, 0.2) is 146 Å². The molecule has 4 heterocycles. The van der Waals surface area contributed by atoms with E-state index in [2.05, 4.69) is 109 Å². The van der Waals surface area contributed by atoms with E-state index >= 15 is 0 Å². The third kappa shape index (κ3) is 5.53. The number of rotatable bonds is 6. The molecule has 0 N–H and O–H groups in total. The van der Waals surface area contributed by atoms with E-state index in [-0.39, 0.29) is 0 Å². The van der Waals surface area contributed by atoms with Crippen LogP contribution in [0.25, 0.3) is 67.0 Å². The third-order valence-electron chi connectivity index (χ3n) is 7.95. The normalized spacial score (nSPS) is 11.0. The van der Waals surface area contributed by atoms with Gasteiger partial charge in [-0.1, -0.05) is 60.7 Å². The molecule has 4 aromatic heterocycles. The van der Waals surface area contributed by atoms with Gasteiger partial charge in [0.1, 0.15) is 0 Å². The summed E-state index contributed by atoms with van der Waals surface area (Å²) in [5, 5.41) is 0. The maximum Gasteiger partial charge on any atom is 0.0708 e. The van der Waals surface area contributed by atoms with E-state index in [0.717, 1.165) is 78.1 Å². The van der Waals surface area contributed by atoms with Gasteiger partial charge in [-0.15, -0.1) is 0 Å². The number of aryl methyl sites for hydroxylation is 2. The van der Waals surface area contributed by atoms with Gasteiger partial charge in [-0.2, -0.15) is 0 Å². The highest BCUT2D eigenvalue weighted by atomic mass is 14.7. The topological polar surface area (TPSA) is 51.6 Å². The zero-order valence-corrected chi connectivity index (χ0v) is 24.6. The molecule has 0 saturated heterocycles. The molecular weight excluding hydrogens is 536 g/mol. The Morgan fingerprint density at radius 3 is 1.05 bits per heavy atom. The molecule has 0 unspecified atom stereocenters. The monoisotopic (exact) mass is 566 g/mol. The third-order valence-corrected chi connectivity index (χ3v) is 7.95. The largest absolute Gasteiger partial charge is 0.265 e. The molecule has 0 spiro atoms. The second-order valence-electron chi connectivity index (χ2n) is 11.0. The number of benzene rings is 3. The second-order valence-corrected chi connectivity index (χ2v) is 11.0. The summed E-state index contributed by atoms with van der Waals surface area (Å²) in [5.41, 5.74) is 15.3. The SMILES string of the molecule is Cc1ccc(-c2cc(-c3ccc(C)cn3)c(-c3ccc(-c4ccncc4)cc3)cc2-c2ccc(-c3ccncc3)cc2)nc1. The Balaban J connectivity index is 1.43. The maximum atomic E-state index is 4.86. The number of hydrogen-bond acceptors (Lipinski definition) is 4. The van der Waals surface area contributed by atoms with E-state index in [1.807, 2.05) is 61.4 Å². The van der Waals surface area contributed by atoms with Crippen molar-refractivity contribution in [2.24, 2.45) is 0 Å². The van der Waals surface area contributed by atoms with E-state index in [4.69, 9.17) is 9.97 Å². The van der Waals surface area contributed by atoms with Crippen LogP contribution in [-0.2, 0) is 0 Å². The van der Waals surface area contributed by atoms with Crippen LogP contribution in [-0.4, -0.2) is 19.9 Å². The quantitative estimate of drug-likeness (QED) is 0.201. The predicted octanol–water partition coefficient (Wildman–Crippen LogP) is 9.89. The minimum atomic E-state index is 0.928. The Bertz CT molecular complexity index is 1870. The summed E-state index contributed by atoms with van der Waals surface area (Å²) < 4.78 is 0. The van der Waals surface area contributed by atoms with Gasteiger partial charge in [0.15, 0.2) is 0 Å². The van der Waals surface area contributed by atoms with Gasteiger partial charge >= 0.3 is 0 Å². The molecule has 7 rings (SSSR count). The van der Waals surface area contributed by atoms with Gasteiger partial charge in [-0.05, 0) is 118 Å². The fraction of sp³-hybridized carbons (Fsp3) is 0.0500. The lowest BCUT2D eigenvalue weighted by Gasteiger charge is -2.18. The van der Waals surface area contributed by atoms with Crippen molar-refractivity contribution in [2.75, 3.05) is 0 Å². The molecule has 0 bridgehead atoms. The van der Waals surface area contributed by atoms with Gasteiger partial charge in [0, 0.05) is 48.3 Å². The van der Waals surface area contributed by atoms with Gasteiger partial charge in [0.05, 0.1) is 11.4 Å². The minimum Gasteiger partial charge on any atom is -0.265 e. The Hall–Kier alpha value is -5.74. The van der Waals surface area contributed by atoms with Crippen molar-refractivity contribution in [1.29, 1.82) is 0 Å². The van der Waals surface area contributed by atoms with Gasteiger partial charge in [0.25, 0.3) is 0 Å². The fourth-order valence-electron chi connectivity index (χ4n) is 5.53. The zero-order chi connectivity index (χ0) is 29.9. The highest BCUT2D eigenvalue weighted by Gasteiger charge is 2.18. The molecule has 0 aliphatic heterocycles. The average molecular weight is 567 g/mol. The van der Waals surface area contributed by atoms with E-state index in [1.165, 1.54) is 0 Å². The summed E-state index contributed by atoms with van der Waals surface area (Å²) >= 11 is 0. The van der Waals surface area contributed by atoms with Gasteiger partial charge < -0.3 is 0 Å². The lowest BCUT2D eigenvalue weighted by molar-refractivity contribution is 1.26. The van der Waals surface area contributed by atoms with E-state index in [9.17, 15) is 0 Å². The summed E-state index contributed by atoms with van der Waals surface area (Å²) in [7, 11) is 0. The standard InChI is InChI=1S/C40H30N4/c1-27-3-13-39(43-25-27)37-24-38(40-14-4-28(2)26-44-40)36(34-11-7-30(8-12-34)32-17-21-42-22-18-32)23-35(37)33-9-5-29(6-10-33)31-15-19-41-20-16-31/h3-26H,1-2H3. The lowest BCUT2D eigenvalue weighted by atomic mass is 9.87. The molecular formula is C40H30N4. The Labute approximate surface area is 257 Å². The van der Waals surface area contributed by atoms with E-state index < -0.39 is 0 Å². The first-order chi connectivity index (χ1) is 21.6. The van der Waals surface area contributed by atoms with Crippen LogP contribution in [0.2, 0.25) is 0 Å². The van der Waals surface area contributed by atoms with Crippen molar-refractivity contribution < 1.29 is 0 Å². The molecule has 3 aromatic carbocycles. The first-order valence-electron chi connectivity index (χ1n) is 14.7. The first kappa shape index (κ1) is 27.1. The molecule has 7 aromatic rings. The Morgan fingerprint density at radius 1 is 0.341 bits per heavy atom. The van der Waals surface area contributed by atoms with Crippen LogP contribution in [0.4, 0.5) is 0 Å². The number of pyridine rings is 4. The van der Waals surface area contributed by atoms with E-state index in [0.29, 0.717) is 0 Å². The summed E-state index contributed by atoms with van der Waals surface area (Å²) in [5.74, 6) is 0. The highest BCUT2D eigenvalue weighted by Crippen LogP contribution is 2.42. The maximum absolute atomic E-state index is 4.86. The van der Waals surface area contributed by atoms with Gasteiger partial charge in [-0.25, -0.2) is 0 Å². The van der Waals surface area contributed by atoms with Crippen molar-refractivity contribution >= 4 is 0 Å². The van der Waals surface area contributed by atoms with Crippen LogP contribution in [0.1, 0.15) is 11.1 Å².